The van der Waals surface area contributed by atoms with Crippen LogP contribution in [0.15, 0.2) is 41.8 Å². The van der Waals surface area contributed by atoms with E-state index in [1.165, 1.54) is 35.6 Å². The Bertz CT molecular complexity index is 682. The number of amides is 1. The van der Waals surface area contributed by atoms with Crippen molar-refractivity contribution in [3.05, 3.63) is 62.3 Å². The van der Waals surface area contributed by atoms with E-state index in [-0.39, 0.29) is 23.8 Å². The van der Waals surface area contributed by atoms with Gasteiger partial charge in [0.2, 0.25) is 0 Å². The molecule has 0 saturated carbocycles. The number of non-ortho nitro benzene ring substituents is 1. The SMILES string of the molecule is O=C(OCCCNC(=O)c1cccs1)c1ccc([N+](=O)[O-])cc1. The molecule has 1 aromatic heterocycles. The summed E-state index contributed by atoms with van der Waals surface area (Å²) >= 11 is 1.35. The molecule has 2 aromatic rings. The van der Waals surface area contributed by atoms with E-state index >= 15 is 0 Å². The predicted molar refractivity (Wildman–Crippen MR) is 84.6 cm³/mol. The molecule has 0 fully saturated rings. The summed E-state index contributed by atoms with van der Waals surface area (Å²) < 4.78 is 5.04. The number of benzene rings is 1. The molecule has 120 valence electrons. The fraction of sp³-hybridized carbons (Fsp3) is 0.200. The zero-order valence-corrected chi connectivity index (χ0v) is 12.9. The second-order valence-corrected chi connectivity index (χ2v) is 5.47. The number of hydrogen-bond donors (Lipinski definition) is 1. The highest BCUT2D eigenvalue weighted by molar-refractivity contribution is 7.12. The summed E-state index contributed by atoms with van der Waals surface area (Å²) in [5.74, 6) is -0.703. The summed E-state index contributed by atoms with van der Waals surface area (Å²) in [6.07, 6.45) is 0.482. The number of rotatable bonds is 7. The van der Waals surface area contributed by atoms with Crippen LogP contribution < -0.4 is 5.32 Å². The van der Waals surface area contributed by atoms with Crippen molar-refractivity contribution in [3.8, 4) is 0 Å². The molecular weight excluding hydrogens is 320 g/mol. The largest absolute Gasteiger partial charge is 0.462 e. The number of esters is 1. The van der Waals surface area contributed by atoms with Crippen LogP contribution in [0, 0.1) is 10.1 Å². The summed E-state index contributed by atoms with van der Waals surface area (Å²) in [5.41, 5.74) is 0.163. The van der Waals surface area contributed by atoms with Crippen molar-refractivity contribution in [2.24, 2.45) is 0 Å². The number of nitrogens with one attached hydrogen (secondary N) is 1. The first kappa shape index (κ1) is 16.6. The number of nitro groups is 1. The average molecular weight is 334 g/mol. The minimum absolute atomic E-state index is 0.0853. The average Bonchev–Trinajstić information content (AvgIpc) is 3.08. The lowest BCUT2D eigenvalue weighted by Gasteiger charge is -2.06. The molecule has 0 aliphatic heterocycles. The molecule has 0 saturated heterocycles. The number of carbonyl (C=O) groups excluding carboxylic acids is 2. The minimum Gasteiger partial charge on any atom is -0.462 e. The van der Waals surface area contributed by atoms with E-state index in [0.717, 1.165) is 0 Å². The van der Waals surface area contributed by atoms with Crippen LogP contribution >= 0.6 is 11.3 Å². The fourth-order valence-corrected chi connectivity index (χ4v) is 2.38. The molecule has 0 aliphatic carbocycles. The number of thiophene rings is 1. The van der Waals surface area contributed by atoms with Crippen molar-refractivity contribution >= 4 is 28.9 Å². The van der Waals surface area contributed by atoms with Crippen molar-refractivity contribution in [2.45, 2.75) is 6.42 Å². The lowest BCUT2D eigenvalue weighted by Crippen LogP contribution is -2.24. The van der Waals surface area contributed by atoms with Gasteiger partial charge in [-0.2, -0.15) is 0 Å². The van der Waals surface area contributed by atoms with Gasteiger partial charge in [-0.1, -0.05) is 6.07 Å². The molecule has 1 amide bonds. The van der Waals surface area contributed by atoms with Gasteiger partial charge >= 0.3 is 5.97 Å². The van der Waals surface area contributed by atoms with Gasteiger partial charge in [-0.05, 0) is 30.0 Å². The van der Waals surface area contributed by atoms with Gasteiger partial charge in [0, 0.05) is 18.7 Å². The van der Waals surface area contributed by atoms with Crippen LogP contribution in [0.2, 0.25) is 0 Å². The molecule has 0 aliphatic rings. The van der Waals surface area contributed by atoms with Gasteiger partial charge in [0.1, 0.15) is 0 Å². The standard InChI is InChI=1S/C15H14N2O5S/c18-14(13-3-1-10-23-13)16-8-2-9-22-15(19)11-4-6-12(7-5-11)17(20)21/h1,3-7,10H,2,8-9H2,(H,16,18). The Balaban J connectivity index is 1.68. The topological polar surface area (TPSA) is 98.5 Å². The number of carbonyl (C=O) groups is 2. The molecule has 8 heteroatoms. The fourth-order valence-electron chi connectivity index (χ4n) is 1.74. The van der Waals surface area contributed by atoms with E-state index in [9.17, 15) is 19.7 Å². The van der Waals surface area contributed by atoms with Crippen molar-refractivity contribution in [1.29, 1.82) is 0 Å². The highest BCUT2D eigenvalue weighted by atomic mass is 32.1. The molecule has 7 nitrogen and oxygen atoms in total. The quantitative estimate of drug-likeness (QED) is 0.363. The van der Waals surface area contributed by atoms with E-state index in [1.54, 1.807) is 12.1 Å². The Morgan fingerprint density at radius 2 is 1.96 bits per heavy atom. The van der Waals surface area contributed by atoms with E-state index in [0.29, 0.717) is 17.8 Å². The molecule has 0 bridgehead atoms. The number of nitrogens with zero attached hydrogens (tertiary/aromatic N) is 1. The second kappa shape index (κ2) is 8.04. The van der Waals surface area contributed by atoms with Crippen LogP contribution in [-0.4, -0.2) is 30.0 Å². The van der Waals surface area contributed by atoms with Gasteiger partial charge in [0.25, 0.3) is 11.6 Å². The Hall–Kier alpha value is -2.74. The van der Waals surface area contributed by atoms with Gasteiger partial charge in [0.05, 0.1) is 22.0 Å². The maximum atomic E-state index is 11.7. The van der Waals surface area contributed by atoms with Crippen molar-refractivity contribution in [2.75, 3.05) is 13.2 Å². The van der Waals surface area contributed by atoms with E-state index in [2.05, 4.69) is 5.32 Å². The van der Waals surface area contributed by atoms with Crippen LogP contribution in [-0.2, 0) is 4.74 Å². The Labute approximate surface area is 136 Å². The highest BCUT2D eigenvalue weighted by Crippen LogP contribution is 2.12. The molecule has 1 N–H and O–H groups in total. The smallest absolute Gasteiger partial charge is 0.338 e. The number of ether oxygens (including phenoxy) is 1. The summed E-state index contributed by atoms with van der Waals surface area (Å²) in [4.78, 5) is 34.0. The van der Waals surface area contributed by atoms with Gasteiger partial charge in [-0.15, -0.1) is 11.3 Å². The first-order valence-electron chi connectivity index (χ1n) is 6.81. The molecule has 1 heterocycles. The first-order chi connectivity index (χ1) is 11.1. The van der Waals surface area contributed by atoms with Crippen LogP contribution in [0.3, 0.4) is 0 Å². The summed E-state index contributed by atoms with van der Waals surface area (Å²) in [5, 5.41) is 15.1. The molecular formula is C15H14N2O5S. The summed E-state index contributed by atoms with van der Waals surface area (Å²) in [6, 6.07) is 8.72. The molecule has 1 aromatic carbocycles. The Morgan fingerprint density at radius 1 is 1.22 bits per heavy atom. The zero-order chi connectivity index (χ0) is 16.7. The molecule has 23 heavy (non-hydrogen) atoms. The van der Waals surface area contributed by atoms with E-state index in [4.69, 9.17) is 4.74 Å². The first-order valence-corrected chi connectivity index (χ1v) is 7.69. The van der Waals surface area contributed by atoms with Gasteiger partial charge in [-0.3, -0.25) is 14.9 Å². The van der Waals surface area contributed by atoms with Gasteiger partial charge in [-0.25, -0.2) is 4.79 Å². The molecule has 0 atom stereocenters. The number of nitro benzene ring substituents is 1. The third-order valence-corrected chi connectivity index (χ3v) is 3.77. The van der Waals surface area contributed by atoms with Crippen LogP contribution in [0.1, 0.15) is 26.5 Å². The molecule has 0 unspecified atom stereocenters. The summed E-state index contributed by atoms with van der Waals surface area (Å²) in [6.45, 7) is 0.546. The van der Waals surface area contributed by atoms with Crippen LogP contribution in [0.4, 0.5) is 5.69 Å². The lowest BCUT2D eigenvalue weighted by molar-refractivity contribution is -0.384. The predicted octanol–water partition coefficient (Wildman–Crippen LogP) is 2.63. The third-order valence-electron chi connectivity index (χ3n) is 2.90. The Kier molecular flexibility index (Phi) is 5.81. The van der Waals surface area contributed by atoms with Crippen molar-refractivity contribution in [3.63, 3.8) is 0 Å². The molecule has 0 radical (unpaired) electrons. The normalized spacial score (nSPS) is 10.1. The van der Waals surface area contributed by atoms with Crippen LogP contribution in [0.5, 0.6) is 0 Å². The second-order valence-electron chi connectivity index (χ2n) is 4.53. The Morgan fingerprint density at radius 3 is 2.57 bits per heavy atom. The maximum absolute atomic E-state index is 11.7. The zero-order valence-electron chi connectivity index (χ0n) is 12.1. The van der Waals surface area contributed by atoms with Gasteiger partial charge in [0.15, 0.2) is 0 Å². The number of hydrogen-bond acceptors (Lipinski definition) is 6. The van der Waals surface area contributed by atoms with Crippen LogP contribution in [0.25, 0.3) is 0 Å². The molecule has 2 rings (SSSR count). The molecule has 0 spiro atoms. The lowest BCUT2D eigenvalue weighted by atomic mass is 10.2. The van der Waals surface area contributed by atoms with Crippen molar-refractivity contribution < 1.29 is 19.2 Å². The monoisotopic (exact) mass is 334 g/mol. The van der Waals surface area contributed by atoms with E-state index < -0.39 is 10.9 Å². The highest BCUT2D eigenvalue weighted by Gasteiger charge is 2.10. The van der Waals surface area contributed by atoms with E-state index in [1.807, 2.05) is 5.38 Å². The summed E-state index contributed by atoms with van der Waals surface area (Å²) in [7, 11) is 0. The maximum Gasteiger partial charge on any atom is 0.338 e. The van der Waals surface area contributed by atoms with Crippen molar-refractivity contribution in [1.82, 2.24) is 5.32 Å². The minimum atomic E-state index is -0.551. The third kappa shape index (κ3) is 4.89. The van der Waals surface area contributed by atoms with Gasteiger partial charge < -0.3 is 10.1 Å².